The summed E-state index contributed by atoms with van der Waals surface area (Å²) in [4.78, 5) is 5.41. The highest BCUT2D eigenvalue weighted by molar-refractivity contribution is 7.18. The van der Waals surface area contributed by atoms with Gasteiger partial charge < -0.3 is 4.42 Å². The van der Waals surface area contributed by atoms with E-state index in [1.807, 2.05) is 20.8 Å². The lowest BCUT2D eigenvalue weighted by Gasteiger charge is -2.39. The van der Waals surface area contributed by atoms with Gasteiger partial charge in [-0.1, -0.05) is 131 Å². The molecule has 7 rings (SSSR count). The topological polar surface area (TPSA) is 34.3 Å². The minimum atomic E-state index is -2.65. The molecule has 0 aliphatic carbocycles. The highest BCUT2D eigenvalue weighted by Gasteiger charge is 2.52. The third-order valence-corrected chi connectivity index (χ3v) is 17.1. The zero-order valence-corrected chi connectivity index (χ0v) is 33.4. The van der Waals surface area contributed by atoms with E-state index < -0.39 is 19.9 Å². The van der Waals surface area contributed by atoms with Gasteiger partial charge in [0.25, 0.3) is 5.82 Å². The first kappa shape index (κ1) is 32.0. The Morgan fingerprint density at radius 2 is 1.40 bits per heavy atom. The molecule has 0 bridgehead atoms. The number of hydrogen-bond acceptors (Lipinski definition) is 2. The minimum absolute atomic E-state index is 0.260. The van der Waals surface area contributed by atoms with Crippen molar-refractivity contribution in [3.63, 3.8) is 0 Å². The van der Waals surface area contributed by atoms with Crippen LogP contribution in [0.1, 0.15) is 114 Å². The predicted octanol–water partition coefficient (Wildman–Crippen LogP) is 12.1. The molecule has 1 aliphatic rings. The van der Waals surface area contributed by atoms with E-state index in [2.05, 4.69) is 145 Å². The molecule has 1 aliphatic heterocycles. The van der Waals surface area contributed by atoms with E-state index in [0.29, 0.717) is 11.8 Å². The number of fused-ring (bicyclic) bond motifs is 6. The fourth-order valence-corrected chi connectivity index (χ4v) is 14.7. The number of furan rings is 1. The fraction of sp³-hybridized carbons (Fsp3) is 0.422. The molecule has 260 valence electrons. The molecule has 6 aromatic rings. The first-order valence-corrected chi connectivity index (χ1v) is 20.7. The average molecular weight is 685 g/mol. The first-order valence-electron chi connectivity index (χ1n) is 19.6. The van der Waals surface area contributed by atoms with E-state index in [0.717, 1.165) is 60.9 Å². The number of aromatic nitrogens is 2. The largest absolute Gasteiger partial charge is 0.453 e. The molecule has 4 nitrogen and oxygen atoms in total. The SMILES string of the molecule is [2H]C([2H])(C1=Nc2c(ccc3c2oc2c(-c4n(-c5c(C(C)C)cccc5C(C)C)c5ccccc5[n+]4C)c(C)ccc23)[Si]1(C(C)C)C(C)C)C(C)(C)C. The molecule has 0 saturated carbocycles. The Kier molecular flexibility index (Phi) is 7.72. The summed E-state index contributed by atoms with van der Waals surface area (Å²) in [5, 5.41) is 4.05. The second-order valence-electron chi connectivity index (χ2n) is 16.9. The lowest BCUT2D eigenvalue weighted by atomic mass is 9.92. The normalized spacial score (nSPS) is 15.7. The molecular weight excluding hydrogens is 627 g/mol. The molecule has 0 radical (unpaired) electrons. The maximum absolute atomic E-state index is 9.59. The van der Waals surface area contributed by atoms with Gasteiger partial charge in [0.2, 0.25) is 0 Å². The molecule has 0 unspecified atom stereocenters. The van der Waals surface area contributed by atoms with Crippen LogP contribution in [0.3, 0.4) is 0 Å². The molecule has 3 heterocycles. The maximum atomic E-state index is 9.59. The monoisotopic (exact) mass is 684 g/mol. The zero-order valence-electron chi connectivity index (χ0n) is 34.4. The van der Waals surface area contributed by atoms with E-state index in [9.17, 15) is 2.74 Å². The molecule has 0 saturated heterocycles. The van der Waals surface area contributed by atoms with Crippen molar-refractivity contribution in [3.05, 3.63) is 83.4 Å². The van der Waals surface area contributed by atoms with Crippen LogP contribution >= 0.6 is 0 Å². The van der Waals surface area contributed by atoms with E-state index in [1.165, 1.54) is 22.0 Å². The zero-order chi connectivity index (χ0) is 37.8. The van der Waals surface area contributed by atoms with Crippen molar-refractivity contribution in [2.45, 2.75) is 112 Å². The number of rotatable bonds is 7. The summed E-state index contributed by atoms with van der Waals surface area (Å²) in [6.45, 7) is 26.5. The molecule has 0 N–H and O–H groups in total. The molecule has 50 heavy (non-hydrogen) atoms. The number of benzene rings is 4. The molecule has 2 aromatic heterocycles. The molecular formula is C45H56N3OSi+. The summed E-state index contributed by atoms with van der Waals surface area (Å²) < 4.78 is 31.2. The average Bonchev–Trinajstić information content (AvgIpc) is 3.72. The number of nitrogens with zero attached hydrogens (tertiary/aromatic N) is 3. The maximum Gasteiger partial charge on any atom is 0.299 e. The van der Waals surface area contributed by atoms with Gasteiger partial charge in [0.05, 0.1) is 7.05 Å². The summed E-state index contributed by atoms with van der Waals surface area (Å²) in [6.07, 6.45) is -1.58. The molecule has 0 atom stereocenters. The van der Waals surface area contributed by atoms with Crippen LogP contribution < -0.4 is 9.75 Å². The highest BCUT2D eigenvalue weighted by atomic mass is 28.3. The lowest BCUT2D eigenvalue weighted by Crippen LogP contribution is -2.58. The summed E-state index contributed by atoms with van der Waals surface area (Å²) >= 11 is 0. The van der Waals surface area contributed by atoms with Crippen LogP contribution in [-0.4, -0.2) is 18.0 Å². The van der Waals surface area contributed by atoms with Crippen LogP contribution in [0, 0.1) is 12.3 Å². The van der Waals surface area contributed by atoms with E-state index >= 15 is 0 Å². The van der Waals surface area contributed by atoms with Gasteiger partial charge in [0.15, 0.2) is 22.2 Å². The third kappa shape index (κ3) is 4.98. The van der Waals surface area contributed by atoms with Crippen LogP contribution in [0.25, 0.3) is 50.0 Å². The summed E-state index contributed by atoms with van der Waals surface area (Å²) in [5.74, 6) is 1.73. The lowest BCUT2D eigenvalue weighted by molar-refractivity contribution is -0.633. The van der Waals surface area contributed by atoms with Crippen molar-refractivity contribution in [1.29, 1.82) is 0 Å². The second-order valence-corrected chi connectivity index (χ2v) is 21.9. The van der Waals surface area contributed by atoms with Crippen LogP contribution in [0.15, 0.2) is 76.1 Å². The minimum Gasteiger partial charge on any atom is -0.453 e. The Morgan fingerprint density at radius 1 is 0.800 bits per heavy atom. The Bertz CT molecular complexity index is 2380. The molecule has 0 spiro atoms. The van der Waals surface area contributed by atoms with Crippen LogP contribution in [0.5, 0.6) is 0 Å². The predicted molar refractivity (Wildman–Crippen MR) is 217 cm³/mol. The quantitative estimate of drug-likeness (QED) is 0.122. The van der Waals surface area contributed by atoms with Crippen molar-refractivity contribution in [1.82, 2.24) is 4.57 Å². The van der Waals surface area contributed by atoms with Gasteiger partial charge in [-0.15, -0.1) is 0 Å². The van der Waals surface area contributed by atoms with E-state index in [-0.39, 0.29) is 11.1 Å². The Balaban J connectivity index is 1.63. The molecule has 0 fully saturated rings. The van der Waals surface area contributed by atoms with Gasteiger partial charge in [-0.25, -0.2) is 4.57 Å². The molecule has 0 amide bonds. The molecule has 4 aromatic carbocycles. The summed E-state index contributed by atoms with van der Waals surface area (Å²) in [7, 11) is -0.472. The first-order chi connectivity index (χ1) is 24.4. The Hall–Kier alpha value is -3.96. The van der Waals surface area contributed by atoms with Crippen molar-refractivity contribution in [2.24, 2.45) is 17.5 Å². The van der Waals surface area contributed by atoms with Crippen molar-refractivity contribution in [3.8, 4) is 17.1 Å². The standard InChI is InChI=1S/C45H56N3OSi/c1-26(2)31-17-16-18-32(27(3)4)41(31)48-36-20-15-14-19-35(36)47(13)44(48)39-30(9)21-22-33-34-23-24-37-40(43(34)49-42(33)39)46-38(25-45(10,11)12)50(37,28(5)6)29(7)8/h14-24,26-29H,25H2,1-13H3/q+1/i25D2. The van der Waals surface area contributed by atoms with Crippen LogP contribution in [-0.2, 0) is 7.05 Å². The number of hydrogen-bond donors (Lipinski definition) is 0. The number of para-hydroxylation sites is 3. The van der Waals surface area contributed by atoms with Gasteiger partial charge in [-0.2, -0.15) is 4.57 Å². The number of imidazole rings is 1. The van der Waals surface area contributed by atoms with Gasteiger partial charge in [-0.05, 0) is 64.5 Å². The second kappa shape index (κ2) is 12.1. The van der Waals surface area contributed by atoms with E-state index in [1.54, 1.807) is 0 Å². The number of aryl methyl sites for hydroxylation is 2. The molecule has 5 heteroatoms. The Labute approximate surface area is 303 Å². The fourth-order valence-electron chi connectivity index (χ4n) is 8.96. The third-order valence-electron chi connectivity index (χ3n) is 11.2. The summed E-state index contributed by atoms with van der Waals surface area (Å²) in [6, 6.07) is 24.4. The van der Waals surface area contributed by atoms with Crippen molar-refractivity contribution < 1.29 is 11.7 Å². The van der Waals surface area contributed by atoms with Gasteiger partial charge in [0.1, 0.15) is 25.0 Å². The van der Waals surface area contributed by atoms with E-state index in [4.69, 9.17) is 9.41 Å². The smallest absolute Gasteiger partial charge is 0.299 e. The Morgan fingerprint density at radius 3 is 2.00 bits per heavy atom. The summed E-state index contributed by atoms with van der Waals surface area (Å²) in [5.41, 5.74) is 10.8. The van der Waals surface area contributed by atoms with Crippen molar-refractivity contribution in [2.75, 3.05) is 0 Å². The highest BCUT2D eigenvalue weighted by Crippen LogP contribution is 2.48. The van der Waals surface area contributed by atoms with Crippen LogP contribution in [0.2, 0.25) is 11.1 Å². The van der Waals surface area contributed by atoms with Gasteiger partial charge >= 0.3 is 0 Å². The van der Waals surface area contributed by atoms with Gasteiger partial charge in [-0.3, -0.25) is 4.99 Å². The van der Waals surface area contributed by atoms with Gasteiger partial charge in [0, 0.05) is 30.0 Å². The van der Waals surface area contributed by atoms with Crippen LogP contribution in [0.4, 0.5) is 5.69 Å². The number of aliphatic imine (C=N–C) groups is 1. The van der Waals surface area contributed by atoms with Crippen molar-refractivity contribution >= 4 is 57.3 Å².